The van der Waals surface area contributed by atoms with E-state index in [-0.39, 0.29) is 30.2 Å². The fourth-order valence-electron chi connectivity index (χ4n) is 3.33. The summed E-state index contributed by atoms with van der Waals surface area (Å²) in [6.45, 7) is 3.65. The standard InChI is InChI=1S/C20H23FN2O.ClH/c1-20(2,14-6-4-7-15(21)12-14)19(24)23-18-8-3-5-13-11-16(22)9-10-17(13)18;/h4,6-7,9-12,18H,3,5,8,22H2,1-2H3,(H,23,24);1H. The number of nitrogen functional groups attached to an aromatic ring is 1. The van der Waals surface area contributed by atoms with Crippen LogP contribution in [-0.2, 0) is 16.6 Å². The molecule has 0 aliphatic heterocycles. The maximum atomic E-state index is 13.5. The van der Waals surface area contributed by atoms with Crippen LogP contribution in [0.1, 0.15) is 49.4 Å². The van der Waals surface area contributed by atoms with Gasteiger partial charge in [0, 0.05) is 5.69 Å². The van der Waals surface area contributed by atoms with E-state index in [1.54, 1.807) is 12.1 Å². The average Bonchev–Trinajstić information content (AvgIpc) is 2.54. The summed E-state index contributed by atoms with van der Waals surface area (Å²) in [5.41, 5.74) is 8.83. The number of hydrogen-bond donors (Lipinski definition) is 2. The number of benzene rings is 2. The van der Waals surface area contributed by atoms with E-state index in [4.69, 9.17) is 5.73 Å². The second-order valence-electron chi connectivity index (χ2n) is 7.01. The van der Waals surface area contributed by atoms with Gasteiger partial charge in [0.15, 0.2) is 0 Å². The summed E-state index contributed by atoms with van der Waals surface area (Å²) in [4.78, 5) is 12.9. The molecule has 25 heavy (non-hydrogen) atoms. The van der Waals surface area contributed by atoms with E-state index < -0.39 is 5.41 Å². The van der Waals surface area contributed by atoms with Crippen LogP contribution >= 0.6 is 12.4 Å². The Labute approximate surface area is 154 Å². The van der Waals surface area contributed by atoms with Crippen molar-refractivity contribution >= 4 is 24.0 Å². The van der Waals surface area contributed by atoms with Gasteiger partial charge in [-0.15, -0.1) is 12.4 Å². The number of hydrogen-bond acceptors (Lipinski definition) is 2. The second kappa shape index (κ2) is 7.44. The first kappa shape index (κ1) is 19.3. The molecule has 0 heterocycles. The Hall–Kier alpha value is -2.07. The third-order valence-electron chi connectivity index (χ3n) is 4.90. The van der Waals surface area contributed by atoms with E-state index in [0.717, 1.165) is 30.5 Å². The molecule has 0 bridgehead atoms. The highest BCUT2D eigenvalue weighted by atomic mass is 35.5. The predicted octanol–water partition coefficient (Wildman–Crippen LogP) is 4.30. The molecule has 3 nitrogen and oxygen atoms in total. The monoisotopic (exact) mass is 362 g/mol. The first-order valence-electron chi connectivity index (χ1n) is 8.33. The van der Waals surface area contributed by atoms with Crippen molar-refractivity contribution in [2.75, 3.05) is 5.73 Å². The number of aryl methyl sites for hydroxylation is 1. The molecule has 0 radical (unpaired) electrons. The minimum atomic E-state index is -0.798. The van der Waals surface area contributed by atoms with Gasteiger partial charge in [-0.1, -0.05) is 18.2 Å². The minimum absolute atomic E-state index is 0. The lowest BCUT2D eigenvalue weighted by Gasteiger charge is -2.31. The van der Waals surface area contributed by atoms with Crippen LogP contribution in [0.15, 0.2) is 42.5 Å². The van der Waals surface area contributed by atoms with Gasteiger partial charge in [-0.05, 0) is 74.1 Å². The zero-order valence-corrected chi connectivity index (χ0v) is 15.3. The van der Waals surface area contributed by atoms with Crippen molar-refractivity contribution in [3.8, 4) is 0 Å². The molecule has 2 aromatic carbocycles. The van der Waals surface area contributed by atoms with Crippen LogP contribution in [0.5, 0.6) is 0 Å². The van der Waals surface area contributed by atoms with Crippen molar-refractivity contribution in [1.29, 1.82) is 0 Å². The number of fused-ring (bicyclic) bond motifs is 1. The molecular formula is C20H24ClFN2O. The van der Waals surface area contributed by atoms with E-state index in [1.165, 1.54) is 17.7 Å². The predicted molar refractivity (Wildman–Crippen MR) is 101 cm³/mol. The van der Waals surface area contributed by atoms with Crippen LogP contribution in [0.4, 0.5) is 10.1 Å². The molecule has 1 aliphatic carbocycles. The van der Waals surface area contributed by atoms with E-state index >= 15 is 0 Å². The fraction of sp³-hybridized carbons (Fsp3) is 0.350. The summed E-state index contributed by atoms with van der Waals surface area (Å²) in [5, 5.41) is 3.15. The highest BCUT2D eigenvalue weighted by Gasteiger charge is 2.33. The summed E-state index contributed by atoms with van der Waals surface area (Å²) in [6.07, 6.45) is 2.91. The van der Waals surface area contributed by atoms with Gasteiger partial charge in [0.25, 0.3) is 0 Å². The molecule has 5 heteroatoms. The van der Waals surface area contributed by atoms with Crippen LogP contribution in [0.2, 0.25) is 0 Å². The number of carbonyl (C=O) groups is 1. The molecule has 0 spiro atoms. The molecular weight excluding hydrogens is 339 g/mol. The Bertz CT molecular complexity index is 776. The number of rotatable bonds is 3. The number of anilines is 1. The molecule has 0 saturated heterocycles. The summed E-state index contributed by atoms with van der Waals surface area (Å²) >= 11 is 0. The van der Waals surface area contributed by atoms with Gasteiger partial charge in [0.05, 0.1) is 11.5 Å². The van der Waals surface area contributed by atoms with Crippen molar-refractivity contribution in [3.63, 3.8) is 0 Å². The highest BCUT2D eigenvalue weighted by molar-refractivity contribution is 5.87. The summed E-state index contributed by atoms with van der Waals surface area (Å²) in [7, 11) is 0. The first-order valence-corrected chi connectivity index (χ1v) is 8.33. The van der Waals surface area contributed by atoms with Gasteiger partial charge in [-0.25, -0.2) is 4.39 Å². The van der Waals surface area contributed by atoms with Crippen molar-refractivity contribution in [2.24, 2.45) is 0 Å². The Kier molecular flexibility index (Phi) is 5.73. The molecule has 2 aromatic rings. The normalized spacial score (nSPS) is 16.5. The van der Waals surface area contributed by atoms with Crippen molar-refractivity contribution in [2.45, 2.75) is 44.6 Å². The van der Waals surface area contributed by atoms with Gasteiger partial charge >= 0.3 is 0 Å². The highest BCUT2D eigenvalue weighted by Crippen LogP contribution is 2.32. The van der Waals surface area contributed by atoms with Crippen LogP contribution < -0.4 is 11.1 Å². The van der Waals surface area contributed by atoms with Crippen molar-refractivity contribution in [1.82, 2.24) is 5.32 Å². The lowest BCUT2D eigenvalue weighted by atomic mass is 9.82. The first-order chi connectivity index (χ1) is 11.4. The SMILES string of the molecule is CC(C)(C(=O)NC1CCCc2cc(N)ccc21)c1cccc(F)c1.Cl. The van der Waals surface area contributed by atoms with Crippen LogP contribution in [-0.4, -0.2) is 5.91 Å². The van der Waals surface area contributed by atoms with Crippen molar-refractivity contribution < 1.29 is 9.18 Å². The molecule has 0 aromatic heterocycles. The second-order valence-corrected chi connectivity index (χ2v) is 7.01. The van der Waals surface area contributed by atoms with Gasteiger partial charge in [-0.2, -0.15) is 0 Å². The molecule has 1 aliphatic rings. The van der Waals surface area contributed by atoms with Gasteiger partial charge in [-0.3, -0.25) is 4.79 Å². The minimum Gasteiger partial charge on any atom is -0.399 e. The number of amides is 1. The van der Waals surface area contributed by atoms with E-state index in [2.05, 4.69) is 5.32 Å². The maximum absolute atomic E-state index is 13.5. The Morgan fingerprint density at radius 2 is 2.00 bits per heavy atom. The Morgan fingerprint density at radius 3 is 2.72 bits per heavy atom. The van der Waals surface area contributed by atoms with E-state index in [1.807, 2.05) is 32.0 Å². The molecule has 134 valence electrons. The molecule has 3 rings (SSSR count). The number of nitrogens with two attached hydrogens (primary N) is 1. The largest absolute Gasteiger partial charge is 0.399 e. The Morgan fingerprint density at radius 1 is 1.24 bits per heavy atom. The summed E-state index contributed by atoms with van der Waals surface area (Å²) in [5.74, 6) is -0.422. The van der Waals surface area contributed by atoms with Crippen LogP contribution in [0, 0.1) is 5.82 Å². The summed E-state index contributed by atoms with van der Waals surface area (Å²) in [6, 6.07) is 12.1. The number of halogens is 2. The maximum Gasteiger partial charge on any atom is 0.230 e. The lowest BCUT2D eigenvalue weighted by molar-refractivity contribution is -0.126. The van der Waals surface area contributed by atoms with Gasteiger partial charge in [0.2, 0.25) is 5.91 Å². The molecule has 1 atom stereocenters. The number of nitrogens with one attached hydrogen (secondary N) is 1. The van der Waals surface area contributed by atoms with Crippen LogP contribution in [0.25, 0.3) is 0 Å². The smallest absolute Gasteiger partial charge is 0.230 e. The molecule has 1 amide bonds. The Balaban J connectivity index is 0.00000225. The average molecular weight is 363 g/mol. The molecule has 0 saturated carbocycles. The summed E-state index contributed by atoms with van der Waals surface area (Å²) < 4.78 is 13.5. The third kappa shape index (κ3) is 3.96. The quantitative estimate of drug-likeness (QED) is 0.800. The fourth-order valence-corrected chi connectivity index (χ4v) is 3.33. The van der Waals surface area contributed by atoms with Gasteiger partial charge in [0.1, 0.15) is 5.82 Å². The van der Waals surface area contributed by atoms with E-state index in [0.29, 0.717) is 5.56 Å². The lowest BCUT2D eigenvalue weighted by Crippen LogP contribution is -2.42. The molecule has 1 unspecified atom stereocenters. The molecule has 0 fully saturated rings. The third-order valence-corrected chi connectivity index (χ3v) is 4.90. The topological polar surface area (TPSA) is 55.1 Å². The molecule has 3 N–H and O–H groups in total. The zero-order valence-electron chi connectivity index (χ0n) is 14.5. The van der Waals surface area contributed by atoms with Crippen LogP contribution in [0.3, 0.4) is 0 Å². The van der Waals surface area contributed by atoms with E-state index in [9.17, 15) is 9.18 Å². The number of carbonyl (C=O) groups excluding carboxylic acids is 1. The zero-order chi connectivity index (χ0) is 17.3. The van der Waals surface area contributed by atoms with Gasteiger partial charge < -0.3 is 11.1 Å². The van der Waals surface area contributed by atoms with Crippen molar-refractivity contribution in [3.05, 3.63) is 65.0 Å².